The predicted octanol–water partition coefficient (Wildman–Crippen LogP) is 0.542. The highest BCUT2D eigenvalue weighted by molar-refractivity contribution is 5.76. The summed E-state index contributed by atoms with van der Waals surface area (Å²) < 4.78 is 5.52. The molecule has 19 heavy (non-hydrogen) atoms. The van der Waals surface area contributed by atoms with Crippen molar-refractivity contribution in [2.45, 2.75) is 26.4 Å². The summed E-state index contributed by atoms with van der Waals surface area (Å²) in [5.41, 5.74) is 2.21. The third-order valence-electron chi connectivity index (χ3n) is 2.66. The summed E-state index contributed by atoms with van der Waals surface area (Å²) in [5.74, 6) is 0.561. The van der Waals surface area contributed by atoms with Crippen molar-refractivity contribution in [1.82, 2.24) is 5.32 Å². The lowest BCUT2D eigenvalue weighted by molar-refractivity contribution is -0.122. The molecule has 3 N–H and O–H groups in total. The van der Waals surface area contributed by atoms with Gasteiger partial charge in [-0.25, -0.2) is 0 Å². The second kappa shape index (κ2) is 7.76. The Balaban J connectivity index is 2.28. The van der Waals surface area contributed by atoms with E-state index in [1.807, 2.05) is 32.0 Å². The molecule has 1 unspecified atom stereocenters. The van der Waals surface area contributed by atoms with Crippen LogP contribution in [0.3, 0.4) is 0 Å². The minimum Gasteiger partial charge on any atom is -0.493 e. The quantitative estimate of drug-likeness (QED) is 0.674. The van der Waals surface area contributed by atoms with E-state index in [1.165, 1.54) is 5.56 Å². The van der Waals surface area contributed by atoms with Crippen molar-refractivity contribution < 1.29 is 19.7 Å². The fraction of sp³-hybridized carbons (Fsp3) is 0.500. The molecule has 1 atom stereocenters. The van der Waals surface area contributed by atoms with Crippen LogP contribution in [0.25, 0.3) is 0 Å². The summed E-state index contributed by atoms with van der Waals surface area (Å²) in [6.45, 7) is 3.94. The highest BCUT2D eigenvalue weighted by atomic mass is 16.5. The number of aliphatic hydroxyl groups excluding tert-OH is 2. The maximum absolute atomic E-state index is 11.4. The van der Waals surface area contributed by atoms with Crippen LogP contribution in [0.4, 0.5) is 0 Å². The van der Waals surface area contributed by atoms with E-state index in [-0.39, 0.29) is 32.1 Å². The van der Waals surface area contributed by atoms with E-state index in [1.54, 1.807) is 0 Å². The number of aryl methyl sites for hydroxylation is 2. The SMILES string of the molecule is Cc1ccc(OCCC(=O)NCC(O)CO)c(C)c1. The standard InChI is InChI=1S/C14H21NO4/c1-10-3-4-13(11(2)7-10)19-6-5-14(18)15-8-12(17)9-16/h3-4,7,12,16-17H,5-6,8-9H2,1-2H3,(H,15,18). The monoisotopic (exact) mass is 267 g/mol. The fourth-order valence-electron chi connectivity index (χ4n) is 1.60. The molecule has 5 nitrogen and oxygen atoms in total. The van der Waals surface area contributed by atoms with Crippen molar-refractivity contribution >= 4 is 5.91 Å². The Kier molecular flexibility index (Phi) is 6.32. The van der Waals surface area contributed by atoms with Crippen LogP contribution in [-0.2, 0) is 4.79 Å². The second-order valence-corrected chi connectivity index (χ2v) is 4.51. The Morgan fingerprint density at radius 3 is 2.79 bits per heavy atom. The number of ether oxygens (including phenoxy) is 1. The van der Waals surface area contributed by atoms with E-state index in [2.05, 4.69) is 5.32 Å². The fourth-order valence-corrected chi connectivity index (χ4v) is 1.60. The zero-order chi connectivity index (χ0) is 14.3. The molecule has 1 amide bonds. The Morgan fingerprint density at radius 2 is 2.16 bits per heavy atom. The smallest absolute Gasteiger partial charge is 0.223 e. The normalized spacial score (nSPS) is 12.0. The number of aliphatic hydroxyl groups is 2. The summed E-state index contributed by atoms with van der Waals surface area (Å²) >= 11 is 0. The van der Waals surface area contributed by atoms with Crippen LogP contribution < -0.4 is 10.1 Å². The van der Waals surface area contributed by atoms with Crippen LogP contribution in [0, 0.1) is 13.8 Å². The molecule has 0 aliphatic rings. The average Bonchev–Trinajstić information content (AvgIpc) is 2.38. The van der Waals surface area contributed by atoms with Gasteiger partial charge in [-0.05, 0) is 25.5 Å². The van der Waals surface area contributed by atoms with E-state index >= 15 is 0 Å². The first-order chi connectivity index (χ1) is 9.02. The molecule has 1 rings (SSSR count). The number of amides is 1. The van der Waals surface area contributed by atoms with Crippen molar-refractivity contribution in [3.05, 3.63) is 29.3 Å². The van der Waals surface area contributed by atoms with E-state index in [0.717, 1.165) is 11.3 Å². The van der Waals surface area contributed by atoms with Gasteiger partial charge in [-0.15, -0.1) is 0 Å². The van der Waals surface area contributed by atoms with E-state index in [0.29, 0.717) is 0 Å². The number of nitrogens with one attached hydrogen (secondary N) is 1. The first kappa shape index (κ1) is 15.5. The number of hydrogen-bond donors (Lipinski definition) is 3. The molecule has 0 spiro atoms. The molecule has 1 aromatic rings. The topological polar surface area (TPSA) is 78.8 Å². The lowest BCUT2D eigenvalue weighted by atomic mass is 10.1. The molecule has 0 saturated carbocycles. The lowest BCUT2D eigenvalue weighted by Crippen LogP contribution is -2.34. The summed E-state index contributed by atoms with van der Waals surface area (Å²) in [4.78, 5) is 11.4. The van der Waals surface area contributed by atoms with Crippen LogP contribution in [-0.4, -0.2) is 42.0 Å². The summed E-state index contributed by atoms with van der Waals surface area (Å²) in [7, 11) is 0. The van der Waals surface area contributed by atoms with Crippen LogP contribution in [0.2, 0.25) is 0 Å². The van der Waals surface area contributed by atoms with Crippen LogP contribution >= 0.6 is 0 Å². The van der Waals surface area contributed by atoms with E-state index in [4.69, 9.17) is 14.9 Å². The molecule has 0 fully saturated rings. The van der Waals surface area contributed by atoms with Crippen molar-refractivity contribution in [3.8, 4) is 5.75 Å². The first-order valence-electron chi connectivity index (χ1n) is 6.28. The van der Waals surface area contributed by atoms with Crippen molar-refractivity contribution in [2.24, 2.45) is 0 Å². The summed E-state index contributed by atoms with van der Waals surface area (Å²) in [6.07, 6.45) is -0.699. The third kappa shape index (κ3) is 5.72. The molecular weight excluding hydrogens is 246 g/mol. The Hall–Kier alpha value is -1.59. The molecule has 0 heterocycles. The maximum atomic E-state index is 11.4. The average molecular weight is 267 g/mol. The van der Waals surface area contributed by atoms with Crippen molar-refractivity contribution in [1.29, 1.82) is 0 Å². The predicted molar refractivity (Wildman–Crippen MR) is 72.1 cm³/mol. The number of carbonyl (C=O) groups is 1. The molecule has 0 aliphatic heterocycles. The number of rotatable bonds is 7. The second-order valence-electron chi connectivity index (χ2n) is 4.51. The van der Waals surface area contributed by atoms with Gasteiger partial charge in [0.15, 0.2) is 0 Å². The van der Waals surface area contributed by atoms with Gasteiger partial charge in [0.1, 0.15) is 5.75 Å². The minimum atomic E-state index is -0.913. The molecule has 0 saturated heterocycles. The zero-order valence-electron chi connectivity index (χ0n) is 11.3. The zero-order valence-corrected chi connectivity index (χ0v) is 11.3. The van der Waals surface area contributed by atoms with E-state index in [9.17, 15) is 4.79 Å². The van der Waals surface area contributed by atoms with Crippen molar-refractivity contribution in [2.75, 3.05) is 19.8 Å². The third-order valence-corrected chi connectivity index (χ3v) is 2.66. The van der Waals surface area contributed by atoms with Gasteiger partial charge in [-0.3, -0.25) is 4.79 Å². The Morgan fingerprint density at radius 1 is 1.42 bits per heavy atom. The van der Waals surface area contributed by atoms with Gasteiger partial charge in [0.25, 0.3) is 0 Å². The Bertz CT molecular complexity index is 420. The molecule has 106 valence electrons. The summed E-state index contributed by atoms with van der Waals surface area (Å²) in [5, 5.41) is 20.2. The molecule has 0 radical (unpaired) electrons. The highest BCUT2D eigenvalue weighted by Gasteiger charge is 2.06. The van der Waals surface area contributed by atoms with E-state index < -0.39 is 6.10 Å². The highest BCUT2D eigenvalue weighted by Crippen LogP contribution is 2.18. The molecular formula is C14H21NO4. The van der Waals surface area contributed by atoms with Gasteiger partial charge in [0.2, 0.25) is 5.91 Å². The molecule has 5 heteroatoms. The number of hydrogen-bond acceptors (Lipinski definition) is 4. The van der Waals surface area contributed by atoms with Crippen LogP contribution in [0.5, 0.6) is 5.75 Å². The van der Waals surface area contributed by atoms with Crippen LogP contribution in [0.1, 0.15) is 17.5 Å². The van der Waals surface area contributed by atoms with Gasteiger partial charge in [-0.2, -0.15) is 0 Å². The molecule has 0 bridgehead atoms. The maximum Gasteiger partial charge on any atom is 0.223 e. The Labute approximate surface area is 113 Å². The molecule has 0 aromatic heterocycles. The van der Waals surface area contributed by atoms with Gasteiger partial charge < -0.3 is 20.3 Å². The minimum absolute atomic E-state index is 0.0545. The first-order valence-corrected chi connectivity index (χ1v) is 6.28. The number of carbonyl (C=O) groups excluding carboxylic acids is 1. The van der Waals surface area contributed by atoms with Crippen molar-refractivity contribution in [3.63, 3.8) is 0 Å². The summed E-state index contributed by atoms with van der Waals surface area (Å²) in [6, 6.07) is 5.87. The van der Waals surface area contributed by atoms with Crippen LogP contribution in [0.15, 0.2) is 18.2 Å². The number of benzene rings is 1. The van der Waals surface area contributed by atoms with Gasteiger partial charge in [-0.1, -0.05) is 17.7 Å². The molecule has 1 aromatic carbocycles. The van der Waals surface area contributed by atoms with Gasteiger partial charge in [0, 0.05) is 6.54 Å². The van der Waals surface area contributed by atoms with Gasteiger partial charge in [0.05, 0.1) is 25.7 Å². The largest absolute Gasteiger partial charge is 0.493 e. The van der Waals surface area contributed by atoms with Gasteiger partial charge >= 0.3 is 0 Å². The molecule has 0 aliphatic carbocycles. The lowest BCUT2D eigenvalue weighted by Gasteiger charge is -2.11.